The summed E-state index contributed by atoms with van der Waals surface area (Å²) >= 11 is 0. The van der Waals surface area contributed by atoms with Crippen LogP contribution in [0.15, 0.2) is 72.8 Å². The highest BCUT2D eigenvalue weighted by atomic mass is 32.2. The van der Waals surface area contributed by atoms with E-state index < -0.39 is 31.9 Å². The summed E-state index contributed by atoms with van der Waals surface area (Å²) in [7, 11) is -3.24. The number of ether oxygens (including phenoxy) is 1. The van der Waals surface area contributed by atoms with Crippen LogP contribution in [-0.4, -0.2) is 47.9 Å². The van der Waals surface area contributed by atoms with Crippen LogP contribution in [0.3, 0.4) is 0 Å². The Balaban J connectivity index is 1.34. The van der Waals surface area contributed by atoms with Gasteiger partial charge in [0.15, 0.2) is 9.84 Å². The molecule has 1 N–H and O–H groups in total. The maximum absolute atomic E-state index is 13.4. The number of nitrogens with zero attached hydrogens (tertiary/aromatic N) is 2. The van der Waals surface area contributed by atoms with Crippen LogP contribution < -0.4 is 0 Å². The van der Waals surface area contributed by atoms with E-state index >= 15 is 0 Å². The van der Waals surface area contributed by atoms with E-state index in [1.807, 2.05) is 73.7 Å². The summed E-state index contributed by atoms with van der Waals surface area (Å²) in [4.78, 5) is 19.8. The first kappa shape index (κ1) is 27.3. The van der Waals surface area contributed by atoms with Gasteiger partial charge in [-0.1, -0.05) is 60.7 Å². The predicted molar refractivity (Wildman–Crippen MR) is 151 cm³/mol. The fourth-order valence-corrected chi connectivity index (χ4v) is 7.12. The molecule has 2 aromatic carbocycles. The molecule has 39 heavy (non-hydrogen) atoms. The third-order valence-corrected chi connectivity index (χ3v) is 10.1. The van der Waals surface area contributed by atoms with Gasteiger partial charge >= 0.3 is 6.09 Å². The van der Waals surface area contributed by atoms with Crippen molar-refractivity contribution in [3.8, 4) is 11.3 Å². The average Bonchev–Trinajstić information content (AvgIpc) is 3.71. The fraction of sp³-hybridized carbons (Fsp3) is 0.419. The maximum atomic E-state index is 13.4. The smallest absolute Gasteiger partial charge is 0.411 e. The van der Waals surface area contributed by atoms with Crippen LogP contribution in [0.5, 0.6) is 0 Å². The van der Waals surface area contributed by atoms with Crippen molar-refractivity contribution >= 4 is 15.9 Å². The number of pyridine rings is 1. The number of rotatable bonds is 8. The number of aliphatic hydroxyl groups is 1. The Labute approximate surface area is 230 Å². The molecule has 0 unspecified atom stereocenters. The third-order valence-electron chi connectivity index (χ3n) is 8.08. The van der Waals surface area contributed by atoms with E-state index in [4.69, 9.17) is 9.72 Å². The van der Waals surface area contributed by atoms with Gasteiger partial charge in [-0.25, -0.2) is 13.2 Å². The van der Waals surface area contributed by atoms with E-state index in [1.54, 1.807) is 24.8 Å². The second-order valence-electron chi connectivity index (χ2n) is 11.6. The molecule has 5 rings (SSSR count). The van der Waals surface area contributed by atoms with Gasteiger partial charge in [-0.05, 0) is 56.9 Å². The Morgan fingerprint density at radius 2 is 1.67 bits per heavy atom. The Bertz CT molecular complexity index is 1460. The molecule has 7 nitrogen and oxygen atoms in total. The van der Waals surface area contributed by atoms with Crippen LogP contribution in [-0.2, 0) is 24.9 Å². The Hall–Kier alpha value is -3.23. The Morgan fingerprint density at radius 3 is 2.23 bits per heavy atom. The molecule has 2 aliphatic rings. The number of amides is 1. The van der Waals surface area contributed by atoms with E-state index in [-0.39, 0.29) is 6.04 Å². The van der Waals surface area contributed by atoms with Gasteiger partial charge in [0, 0.05) is 31.2 Å². The SMILES string of the molecule is C[C@@H](c1ccc(-c2cccc(C3(S(C)(=O)=O)CC3)n2)cc1)N1CC[C@](CC(C)(C)O)(c2ccccc2)OC1=O. The van der Waals surface area contributed by atoms with Crippen molar-refractivity contribution in [2.24, 2.45) is 0 Å². The van der Waals surface area contributed by atoms with E-state index in [0.717, 1.165) is 22.4 Å². The Kier molecular flexibility index (Phi) is 6.84. The molecule has 0 spiro atoms. The monoisotopic (exact) mass is 548 g/mol. The molecule has 1 saturated carbocycles. The zero-order valence-corrected chi connectivity index (χ0v) is 23.7. The van der Waals surface area contributed by atoms with E-state index in [1.165, 1.54) is 6.26 Å². The minimum absolute atomic E-state index is 0.221. The molecule has 3 aromatic rings. The number of cyclic esters (lactones) is 1. The van der Waals surface area contributed by atoms with Gasteiger partial charge in [-0.15, -0.1) is 0 Å². The van der Waals surface area contributed by atoms with Crippen molar-refractivity contribution in [3.63, 3.8) is 0 Å². The van der Waals surface area contributed by atoms with Crippen LogP contribution in [0.1, 0.15) is 69.3 Å². The van der Waals surface area contributed by atoms with Gasteiger partial charge in [0.25, 0.3) is 0 Å². The van der Waals surface area contributed by atoms with Crippen LogP contribution >= 0.6 is 0 Å². The van der Waals surface area contributed by atoms with Gasteiger partial charge in [0.05, 0.1) is 23.0 Å². The van der Waals surface area contributed by atoms with Crippen molar-refractivity contribution in [1.29, 1.82) is 0 Å². The molecule has 1 saturated heterocycles. The molecule has 1 aliphatic carbocycles. The van der Waals surface area contributed by atoms with Crippen molar-refractivity contribution in [2.45, 2.75) is 68.4 Å². The first-order valence-corrected chi connectivity index (χ1v) is 15.3. The summed E-state index contributed by atoms with van der Waals surface area (Å²) in [6.07, 6.45) is 2.95. The number of sulfone groups is 1. The normalized spacial score (nSPS) is 21.8. The lowest BCUT2D eigenvalue weighted by molar-refractivity contribution is -0.101. The van der Waals surface area contributed by atoms with Gasteiger partial charge in [0.1, 0.15) is 10.3 Å². The summed E-state index contributed by atoms with van der Waals surface area (Å²) in [6.45, 7) is 5.93. The molecule has 0 bridgehead atoms. The second-order valence-corrected chi connectivity index (χ2v) is 14.0. The number of carbonyl (C=O) groups excluding carboxylic acids is 1. The van der Waals surface area contributed by atoms with Crippen LogP contribution in [0.25, 0.3) is 11.3 Å². The molecule has 206 valence electrons. The molecular formula is C31H36N2O5S. The summed E-state index contributed by atoms with van der Waals surface area (Å²) in [6, 6.07) is 22.8. The van der Waals surface area contributed by atoms with Crippen molar-refractivity contribution < 1.29 is 23.1 Å². The molecule has 2 atom stereocenters. The molecule has 1 amide bonds. The van der Waals surface area contributed by atoms with Gasteiger partial charge in [-0.3, -0.25) is 4.98 Å². The van der Waals surface area contributed by atoms with Crippen LogP contribution in [0.4, 0.5) is 4.79 Å². The quantitative estimate of drug-likeness (QED) is 0.386. The first-order chi connectivity index (χ1) is 18.3. The molecule has 2 heterocycles. The van der Waals surface area contributed by atoms with E-state index in [9.17, 15) is 18.3 Å². The first-order valence-electron chi connectivity index (χ1n) is 13.4. The standard InChI is InChI=1S/C31H36N2O5S/c1-22(33-20-19-30(38-28(33)34,21-29(2,3)35)25-9-6-5-7-10-25)23-13-15-24(16-14-23)26-11-8-12-27(32-26)31(17-18-31)39(4,36)37/h5-16,22,35H,17-21H2,1-4H3/t22-,30-/m0/s1. The minimum Gasteiger partial charge on any atom is -0.438 e. The molecule has 1 aromatic heterocycles. The topological polar surface area (TPSA) is 96.8 Å². The predicted octanol–water partition coefficient (Wildman–Crippen LogP) is 5.74. The zero-order chi connectivity index (χ0) is 28.1. The molecule has 1 aliphatic heterocycles. The lowest BCUT2D eigenvalue weighted by atomic mass is 9.80. The van der Waals surface area contributed by atoms with E-state index in [2.05, 4.69) is 0 Å². The molecule has 8 heteroatoms. The summed E-state index contributed by atoms with van der Waals surface area (Å²) in [5, 5.41) is 10.6. The summed E-state index contributed by atoms with van der Waals surface area (Å²) < 4.78 is 30.0. The zero-order valence-electron chi connectivity index (χ0n) is 22.9. The molecule has 0 radical (unpaired) electrons. The number of benzene rings is 2. The second kappa shape index (κ2) is 9.75. The number of hydrogen-bond acceptors (Lipinski definition) is 6. The van der Waals surface area contributed by atoms with E-state index in [0.29, 0.717) is 37.9 Å². The average molecular weight is 549 g/mol. The van der Waals surface area contributed by atoms with Crippen LogP contribution in [0.2, 0.25) is 0 Å². The molecule has 2 fully saturated rings. The fourth-order valence-electron chi connectivity index (χ4n) is 5.78. The highest BCUT2D eigenvalue weighted by Gasteiger charge is 2.54. The Morgan fingerprint density at radius 1 is 1.00 bits per heavy atom. The minimum atomic E-state index is -3.24. The van der Waals surface area contributed by atoms with Crippen molar-refractivity contribution in [2.75, 3.05) is 12.8 Å². The number of hydrogen-bond donors (Lipinski definition) is 1. The summed E-state index contributed by atoms with van der Waals surface area (Å²) in [5.41, 5.74) is 2.14. The summed E-state index contributed by atoms with van der Waals surface area (Å²) in [5.74, 6) is 0. The highest BCUT2D eigenvalue weighted by Crippen LogP contribution is 2.52. The largest absolute Gasteiger partial charge is 0.438 e. The highest BCUT2D eigenvalue weighted by molar-refractivity contribution is 7.91. The molecular weight excluding hydrogens is 512 g/mol. The van der Waals surface area contributed by atoms with Crippen molar-refractivity contribution in [3.05, 3.63) is 89.6 Å². The van der Waals surface area contributed by atoms with Gasteiger partial charge in [-0.2, -0.15) is 0 Å². The van der Waals surface area contributed by atoms with Crippen LogP contribution in [0, 0.1) is 0 Å². The lowest BCUT2D eigenvalue weighted by Gasteiger charge is -2.45. The number of aromatic nitrogens is 1. The third kappa shape index (κ3) is 5.32. The maximum Gasteiger partial charge on any atom is 0.411 e. The van der Waals surface area contributed by atoms with Gasteiger partial charge in [0.2, 0.25) is 0 Å². The van der Waals surface area contributed by atoms with Crippen molar-refractivity contribution in [1.82, 2.24) is 9.88 Å². The van der Waals surface area contributed by atoms with Gasteiger partial charge < -0.3 is 14.7 Å². The lowest BCUT2D eigenvalue weighted by Crippen LogP contribution is -2.51. The number of carbonyl (C=O) groups is 1.